The van der Waals surface area contributed by atoms with Crippen LogP contribution < -0.4 is 10.6 Å². The molecule has 1 aromatic heterocycles. The molecule has 3 rings (SSSR count). The molecule has 0 saturated carbocycles. The largest absolute Gasteiger partial charge is 0.370 e. The van der Waals surface area contributed by atoms with Gasteiger partial charge in [-0.15, -0.1) is 0 Å². The van der Waals surface area contributed by atoms with E-state index in [4.69, 9.17) is 0 Å². The summed E-state index contributed by atoms with van der Waals surface area (Å²) in [5.41, 5.74) is 3.39. The van der Waals surface area contributed by atoms with Crippen molar-refractivity contribution in [1.29, 1.82) is 0 Å². The molecule has 2 N–H and O–H groups in total. The van der Waals surface area contributed by atoms with E-state index in [1.54, 1.807) is 24.3 Å². The molecule has 0 aliphatic carbocycles. The van der Waals surface area contributed by atoms with Crippen molar-refractivity contribution in [2.75, 3.05) is 11.9 Å². The highest BCUT2D eigenvalue weighted by Crippen LogP contribution is 2.09. The first-order valence-electron chi connectivity index (χ1n) is 8.89. The highest BCUT2D eigenvalue weighted by molar-refractivity contribution is 5.94. The Hall–Kier alpha value is -3.21. The number of hydrogen-bond acceptors (Lipinski definition) is 3. The van der Waals surface area contributed by atoms with Gasteiger partial charge in [-0.05, 0) is 42.7 Å². The zero-order chi connectivity index (χ0) is 19.1. The smallest absolute Gasteiger partial charge is 0.253 e. The van der Waals surface area contributed by atoms with Crippen molar-refractivity contribution in [2.45, 2.75) is 19.9 Å². The summed E-state index contributed by atoms with van der Waals surface area (Å²) in [6.45, 7) is 3.06. The van der Waals surface area contributed by atoms with Gasteiger partial charge < -0.3 is 10.6 Å². The second-order valence-electron chi connectivity index (χ2n) is 6.37. The van der Waals surface area contributed by atoms with Crippen LogP contribution in [0.2, 0.25) is 0 Å². The lowest BCUT2D eigenvalue weighted by Gasteiger charge is -2.08. The fourth-order valence-corrected chi connectivity index (χ4v) is 2.77. The number of carbonyl (C=O) groups excluding carboxylic acids is 1. The number of hydrogen-bond donors (Lipinski definition) is 2. The van der Waals surface area contributed by atoms with Crippen molar-refractivity contribution < 1.29 is 9.18 Å². The van der Waals surface area contributed by atoms with Crippen LogP contribution >= 0.6 is 0 Å². The van der Waals surface area contributed by atoms with E-state index >= 15 is 0 Å². The van der Waals surface area contributed by atoms with Crippen LogP contribution in [0, 0.1) is 12.7 Å². The Morgan fingerprint density at radius 3 is 2.67 bits per heavy atom. The third-order valence-electron chi connectivity index (χ3n) is 4.22. The van der Waals surface area contributed by atoms with Gasteiger partial charge in [-0.1, -0.05) is 48.0 Å². The van der Waals surface area contributed by atoms with Crippen LogP contribution in [-0.2, 0) is 13.0 Å². The maximum absolute atomic E-state index is 13.6. The quantitative estimate of drug-likeness (QED) is 0.664. The Morgan fingerprint density at radius 1 is 1.07 bits per heavy atom. The number of anilines is 1. The van der Waals surface area contributed by atoms with Crippen molar-refractivity contribution in [3.8, 4) is 0 Å². The number of aryl methyl sites for hydroxylation is 1. The van der Waals surface area contributed by atoms with Gasteiger partial charge in [0.1, 0.15) is 11.6 Å². The van der Waals surface area contributed by atoms with E-state index in [0.29, 0.717) is 36.5 Å². The first-order chi connectivity index (χ1) is 13.1. The maximum atomic E-state index is 13.6. The summed E-state index contributed by atoms with van der Waals surface area (Å²) < 4.78 is 13.6. The second kappa shape index (κ2) is 8.94. The van der Waals surface area contributed by atoms with Gasteiger partial charge in [-0.3, -0.25) is 4.79 Å². The fourth-order valence-electron chi connectivity index (χ4n) is 2.77. The second-order valence-corrected chi connectivity index (χ2v) is 6.37. The number of rotatable bonds is 7. The summed E-state index contributed by atoms with van der Waals surface area (Å²) in [7, 11) is 0. The Morgan fingerprint density at radius 2 is 1.93 bits per heavy atom. The minimum atomic E-state index is -0.201. The van der Waals surface area contributed by atoms with Crippen molar-refractivity contribution >= 4 is 11.7 Å². The topological polar surface area (TPSA) is 54.0 Å². The molecule has 0 saturated heterocycles. The van der Waals surface area contributed by atoms with Gasteiger partial charge in [0.25, 0.3) is 5.91 Å². The monoisotopic (exact) mass is 363 g/mol. The Kier molecular flexibility index (Phi) is 6.15. The minimum Gasteiger partial charge on any atom is -0.370 e. The lowest BCUT2D eigenvalue weighted by atomic mass is 10.1. The van der Waals surface area contributed by atoms with Gasteiger partial charge in [-0.2, -0.15) is 0 Å². The normalized spacial score (nSPS) is 10.4. The van der Waals surface area contributed by atoms with E-state index in [1.165, 1.54) is 12.3 Å². The molecule has 4 nitrogen and oxygen atoms in total. The Bertz CT molecular complexity index is 909. The molecule has 3 aromatic rings. The Balaban J connectivity index is 1.49. The van der Waals surface area contributed by atoms with Crippen LogP contribution in [0.3, 0.4) is 0 Å². The van der Waals surface area contributed by atoms with Crippen LogP contribution in [0.15, 0.2) is 66.9 Å². The fraction of sp³-hybridized carbons (Fsp3) is 0.182. The molecule has 0 bridgehead atoms. The number of aromatic nitrogens is 1. The van der Waals surface area contributed by atoms with E-state index < -0.39 is 0 Å². The standard InChI is InChI=1S/C22H22FN3O/c1-16-5-4-6-17(13-16)14-26-22(27)19-9-10-21(25-15-19)24-12-11-18-7-2-3-8-20(18)23/h2-10,13,15H,11-12,14H2,1H3,(H,24,25)(H,26,27). The summed E-state index contributed by atoms with van der Waals surface area (Å²) in [5.74, 6) is 0.288. The Labute approximate surface area is 158 Å². The number of carbonyl (C=O) groups is 1. The molecule has 5 heteroatoms. The van der Waals surface area contributed by atoms with Gasteiger partial charge in [0.05, 0.1) is 5.56 Å². The van der Waals surface area contributed by atoms with Crippen LogP contribution in [0.5, 0.6) is 0 Å². The number of halogens is 1. The summed E-state index contributed by atoms with van der Waals surface area (Å²) in [5, 5.41) is 6.03. The van der Waals surface area contributed by atoms with Crippen LogP contribution in [0.1, 0.15) is 27.0 Å². The number of nitrogens with zero attached hydrogens (tertiary/aromatic N) is 1. The van der Waals surface area contributed by atoms with Crippen molar-refractivity contribution in [3.05, 3.63) is 94.9 Å². The zero-order valence-electron chi connectivity index (χ0n) is 15.2. The summed E-state index contributed by atoms with van der Waals surface area (Å²) in [4.78, 5) is 16.5. The molecular formula is C22H22FN3O. The predicted molar refractivity (Wildman–Crippen MR) is 105 cm³/mol. The zero-order valence-corrected chi connectivity index (χ0v) is 15.2. The highest BCUT2D eigenvalue weighted by atomic mass is 19.1. The molecule has 1 heterocycles. The highest BCUT2D eigenvalue weighted by Gasteiger charge is 2.06. The first kappa shape index (κ1) is 18.6. The molecule has 2 aromatic carbocycles. The van der Waals surface area contributed by atoms with Gasteiger partial charge >= 0.3 is 0 Å². The van der Waals surface area contributed by atoms with Gasteiger partial charge in [0, 0.05) is 19.3 Å². The SMILES string of the molecule is Cc1cccc(CNC(=O)c2ccc(NCCc3ccccc3F)nc2)c1. The van der Waals surface area contributed by atoms with Gasteiger partial charge in [0.15, 0.2) is 0 Å². The van der Waals surface area contributed by atoms with Crippen molar-refractivity contribution in [2.24, 2.45) is 0 Å². The minimum absolute atomic E-state index is 0.165. The molecule has 0 aliphatic heterocycles. The summed E-state index contributed by atoms with van der Waals surface area (Å²) >= 11 is 0. The molecule has 138 valence electrons. The third-order valence-corrected chi connectivity index (χ3v) is 4.22. The number of amides is 1. The average Bonchev–Trinajstić information content (AvgIpc) is 2.68. The summed E-state index contributed by atoms with van der Waals surface area (Å²) in [6.07, 6.45) is 2.10. The molecule has 27 heavy (non-hydrogen) atoms. The lowest BCUT2D eigenvalue weighted by Crippen LogP contribution is -2.23. The molecule has 0 radical (unpaired) electrons. The number of nitrogens with one attached hydrogen (secondary N) is 2. The maximum Gasteiger partial charge on any atom is 0.253 e. The molecule has 0 unspecified atom stereocenters. The van der Waals surface area contributed by atoms with Gasteiger partial charge in [0.2, 0.25) is 0 Å². The van der Waals surface area contributed by atoms with Crippen LogP contribution in [0.25, 0.3) is 0 Å². The van der Waals surface area contributed by atoms with Crippen molar-refractivity contribution in [1.82, 2.24) is 10.3 Å². The lowest BCUT2D eigenvalue weighted by molar-refractivity contribution is 0.0950. The summed E-state index contributed by atoms with van der Waals surface area (Å²) in [6, 6.07) is 18.2. The van der Waals surface area contributed by atoms with Gasteiger partial charge in [-0.25, -0.2) is 9.37 Å². The molecule has 0 atom stereocenters. The van der Waals surface area contributed by atoms with E-state index in [1.807, 2.05) is 37.3 Å². The van der Waals surface area contributed by atoms with E-state index in [9.17, 15) is 9.18 Å². The molecule has 0 spiro atoms. The predicted octanol–water partition coefficient (Wildman–Crippen LogP) is 4.11. The van der Waals surface area contributed by atoms with E-state index in [0.717, 1.165) is 11.1 Å². The average molecular weight is 363 g/mol. The molecule has 0 fully saturated rings. The molecule has 0 aliphatic rings. The molecule has 1 amide bonds. The van der Waals surface area contributed by atoms with Crippen molar-refractivity contribution in [3.63, 3.8) is 0 Å². The number of benzene rings is 2. The van der Waals surface area contributed by atoms with Crippen LogP contribution in [-0.4, -0.2) is 17.4 Å². The third kappa shape index (κ3) is 5.38. The van der Waals surface area contributed by atoms with Crippen LogP contribution in [0.4, 0.5) is 10.2 Å². The number of pyridine rings is 1. The van der Waals surface area contributed by atoms with E-state index in [2.05, 4.69) is 15.6 Å². The molecular weight excluding hydrogens is 341 g/mol. The first-order valence-corrected chi connectivity index (χ1v) is 8.89. The van der Waals surface area contributed by atoms with E-state index in [-0.39, 0.29) is 11.7 Å².